The van der Waals surface area contributed by atoms with Gasteiger partial charge in [-0.15, -0.1) is 0 Å². The number of carboxylic acids is 1. The summed E-state index contributed by atoms with van der Waals surface area (Å²) in [5.41, 5.74) is 0.113. The van der Waals surface area contributed by atoms with Crippen LogP contribution in [0.3, 0.4) is 0 Å². The van der Waals surface area contributed by atoms with Crippen LogP contribution >= 0.6 is 11.6 Å². The van der Waals surface area contributed by atoms with Crippen LogP contribution in [-0.2, 0) is 0 Å². The summed E-state index contributed by atoms with van der Waals surface area (Å²) in [4.78, 5) is 10.7. The smallest absolute Gasteiger partial charge is 0.374 e. The van der Waals surface area contributed by atoms with Gasteiger partial charge < -0.3 is 14.7 Å². The maximum atomic E-state index is 13.5. The van der Waals surface area contributed by atoms with E-state index in [9.17, 15) is 14.3 Å². The van der Waals surface area contributed by atoms with Crippen molar-refractivity contribution in [3.8, 4) is 17.0 Å². The Bertz CT molecular complexity index is 612. The molecule has 0 saturated heterocycles. The fourth-order valence-electron chi connectivity index (χ4n) is 1.51. The highest BCUT2D eigenvalue weighted by Gasteiger charge is 2.20. The first-order chi connectivity index (χ1) is 8.41. The SMILES string of the molecule is Cc1c(F)cc(Cl)c(O)c1-c1cc(C(=O)O)on1. The van der Waals surface area contributed by atoms with E-state index in [-0.39, 0.29) is 27.6 Å². The summed E-state index contributed by atoms with van der Waals surface area (Å²) in [5, 5.41) is 21.8. The molecule has 0 aliphatic heterocycles. The molecule has 0 fully saturated rings. The minimum absolute atomic E-state index is 0.00352. The third-order valence-corrected chi connectivity index (χ3v) is 2.71. The van der Waals surface area contributed by atoms with Crippen molar-refractivity contribution in [2.75, 3.05) is 0 Å². The van der Waals surface area contributed by atoms with E-state index in [1.54, 1.807) is 0 Å². The molecule has 18 heavy (non-hydrogen) atoms. The maximum Gasteiger partial charge on any atom is 0.374 e. The molecule has 1 aromatic carbocycles. The van der Waals surface area contributed by atoms with Gasteiger partial charge in [0.1, 0.15) is 17.3 Å². The number of aromatic nitrogens is 1. The topological polar surface area (TPSA) is 83.6 Å². The molecule has 0 amide bonds. The molecule has 0 saturated carbocycles. The van der Waals surface area contributed by atoms with Gasteiger partial charge in [0.05, 0.1) is 10.6 Å². The summed E-state index contributed by atoms with van der Waals surface area (Å²) in [7, 11) is 0. The Morgan fingerprint density at radius 2 is 2.17 bits per heavy atom. The molecule has 2 aromatic rings. The van der Waals surface area contributed by atoms with Crippen molar-refractivity contribution in [1.82, 2.24) is 5.16 Å². The fourth-order valence-corrected chi connectivity index (χ4v) is 1.70. The predicted octanol–water partition coefficient (Wildman–Crippen LogP) is 2.85. The molecule has 0 aliphatic rings. The minimum Gasteiger partial charge on any atom is -0.506 e. The number of aromatic hydroxyl groups is 1. The number of rotatable bonds is 2. The quantitative estimate of drug-likeness (QED) is 0.877. The van der Waals surface area contributed by atoms with E-state index in [1.807, 2.05) is 0 Å². The van der Waals surface area contributed by atoms with Gasteiger partial charge in [-0.2, -0.15) is 0 Å². The van der Waals surface area contributed by atoms with Gasteiger partial charge in [0.15, 0.2) is 0 Å². The van der Waals surface area contributed by atoms with Crippen LogP contribution in [0.2, 0.25) is 5.02 Å². The fraction of sp³-hybridized carbons (Fsp3) is 0.0909. The summed E-state index contributed by atoms with van der Waals surface area (Å²) in [5.74, 6) is -2.73. The van der Waals surface area contributed by atoms with Crippen molar-refractivity contribution in [1.29, 1.82) is 0 Å². The highest BCUT2D eigenvalue weighted by atomic mass is 35.5. The first-order valence-corrected chi connectivity index (χ1v) is 5.17. The molecule has 2 N–H and O–H groups in total. The highest BCUT2D eigenvalue weighted by Crippen LogP contribution is 2.38. The number of carboxylic acid groups (broad SMARTS) is 1. The predicted molar refractivity (Wildman–Crippen MR) is 60.3 cm³/mol. The van der Waals surface area contributed by atoms with Gasteiger partial charge in [-0.25, -0.2) is 9.18 Å². The lowest BCUT2D eigenvalue weighted by atomic mass is 10.0. The molecule has 5 nitrogen and oxygen atoms in total. The van der Waals surface area contributed by atoms with E-state index in [2.05, 4.69) is 9.68 Å². The normalized spacial score (nSPS) is 10.6. The number of hydrogen-bond acceptors (Lipinski definition) is 4. The van der Waals surface area contributed by atoms with Gasteiger partial charge in [0.25, 0.3) is 0 Å². The molecule has 2 rings (SSSR count). The molecule has 0 atom stereocenters. The Balaban J connectivity index is 2.66. The van der Waals surface area contributed by atoms with E-state index in [4.69, 9.17) is 16.7 Å². The van der Waals surface area contributed by atoms with Crippen molar-refractivity contribution >= 4 is 17.6 Å². The van der Waals surface area contributed by atoms with Crippen molar-refractivity contribution in [2.24, 2.45) is 0 Å². The van der Waals surface area contributed by atoms with E-state index >= 15 is 0 Å². The molecule has 0 radical (unpaired) electrons. The van der Waals surface area contributed by atoms with Gasteiger partial charge >= 0.3 is 5.97 Å². The van der Waals surface area contributed by atoms with Crippen LogP contribution in [0, 0.1) is 12.7 Å². The second-order valence-electron chi connectivity index (χ2n) is 3.57. The number of phenolic OH excluding ortho intramolecular Hbond substituents is 1. The first kappa shape index (κ1) is 12.4. The Morgan fingerprint density at radius 1 is 1.50 bits per heavy atom. The van der Waals surface area contributed by atoms with Crippen molar-refractivity contribution in [2.45, 2.75) is 6.92 Å². The zero-order valence-electron chi connectivity index (χ0n) is 9.07. The summed E-state index contributed by atoms with van der Waals surface area (Å²) in [6.07, 6.45) is 0. The number of phenols is 1. The lowest BCUT2D eigenvalue weighted by Gasteiger charge is -2.07. The lowest BCUT2D eigenvalue weighted by Crippen LogP contribution is -1.92. The van der Waals surface area contributed by atoms with Crippen LogP contribution < -0.4 is 0 Å². The Kier molecular flexibility index (Phi) is 2.96. The summed E-state index contributed by atoms with van der Waals surface area (Å²) in [6, 6.07) is 2.05. The monoisotopic (exact) mass is 271 g/mol. The van der Waals surface area contributed by atoms with Crippen LogP contribution in [0.5, 0.6) is 5.75 Å². The number of aromatic carboxylic acids is 1. The molecule has 1 heterocycles. The number of hydrogen-bond donors (Lipinski definition) is 2. The molecular formula is C11H7ClFNO4. The Morgan fingerprint density at radius 3 is 2.72 bits per heavy atom. The minimum atomic E-state index is -1.31. The average Bonchev–Trinajstić information content (AvgIpc) is 2.76. The second-order valence-corrected chi connectivity index (χ2v) is 3.98. The number of carbonyl (C=O) groups is 1. The molecule has 0 spiro atoms. The molecule has 0 bridgehead atoms. The third-order valence-electron chi connectivity index (χ3n) is 2.43. The Hall–Kier alpha value is -2.08. The summed E-state index contributed by atoms with van der Waals surface area (Å²) < 4.78 is 18.0. The van der Waals surface area contributed by atoms with Gasteiger partial charge in [-0.3, -0.25) is 0 Å². The zero-order valence-corrected chi connectivity index (χ0v) is 9.82. The summed E-state index contributed by atoms with van der Waals surface area (Å²) in [6.45, 7) is 1.41. The summed E-state index contributed by atoms with van der Waals surface area (Å²) >= 11 is 5.65. The first-order valence-electron chi connectivity index (χ1n) is 4.79. The Labute approximate surface area is 105 Å². The molecular weight excluding hydrogens is 265 g/mol. The second kappa shape index (κ2) is 4.30. The van der Waals surface area contributed by atoms with E-state index < -0.39 is 17.5 Å². The van der Waals surface area contributed by atoms with Gasteiger partial charge in [-0.1, -0.05) is 16.8 Å². The van der Waals surface area contributed by atoms with E-state index in [0.29, 0.717) is 0 Å². The maximum absolute atomic E-state index is 13.5. The van der Waals surface area contributed by atoms with Crippen LogP contribution in [0.4, 0.5) is 4.39 Å². The lowest BCUT2D eigenvalue weighted by molar-refractivity contribution is 0.0652. The van der Waals surface area contributed by atoms with Crippen LogP contribution in [0.25, 0.3) is 11.3 Å². The molecule has 0 aliphatic carbocycles. The van der Waals surface area contributed by atoms with E-state index in [0.717, 1.165) is 12.1 Å². The van der Waals surface area contributed by atoms with Gasteiger partial charge in [-0.05, 0) is 18.6 Å². The average molecular weight is 272 g/mol. The number of nitrogens with zero attached hydrogens (tertiary/aromatic N) is 1. The highest BCUT2D eigenvalue weighted by molar-refractivity contribution is 6.32. The molecule has 1 aromatic heterocycles. The van der Waals surface area contributed by atoms with Crippen molar-refractivity contribution in [3.63, 3.8) is 0 Å². The molecule has 7 heteroatoms. The largest absolute Gasteiger partial charge is 0.506 e. The number of halogens is 2. The van der Waals surface area contributed by atoms with Crippen LogP contribution in [0.1, 0.15) is 16.1 Å². The van der Waals surface area contributed by atoms with Crippen LogP contribution in [0.15, 0.2) is 16.7 Å². The van der Waals surface area contributed by atoms with Crippen molar-refractivity contribution < 1.29 is 23.9 Å². The molecule has 0 unspecified atom stereocenters. The van der Waals surface area contributed by atoms with Crippen LogP contribution in [-0.4, -0.2) is 21.3 Å². The van der Waals surface area contributed by atoms with E-state index in [1.165, 1.54) is 6.92 Å². The standard InChI is InChI=1S/C11H7ClFNO4/c1-4-6(13)2-5(12)10(15)9(4)7-3-8(11(16)17)18-14-7/h2-3,15H,1H3,(H,16,17). The van der Waals surface area contributed by atoms with Crippen molar-refractivity contribution in [3.05, 3.63) is 34.3 Å². The third kappa shape index (κ3) is 1.91. The molecule has 94 valence electrons. The zero-order chi connectivity index (χ0) is 13.4. The van der Waals surface area contributed by atoms with Gasteiger partial charge in [0.2, 0.25) is 5.76 Å². The number of benzene rings is 1. The van der Waals surface area contributed by atoms with Gasteiger partial charge in [0, 0.05) is 6.07 Å².